The zero-order chi connectivity index (χ0) is 19.7. The standard InChI is InChI=1S/C12H15F2NO9S/c1-3-9(16)22-5-8(6-23-10(17)4-2)15-11(18)24-7-12(13,14)25(19,20)21/h3-4,8H,1-2,5-7H2,(H,15,18)(H,19,20,21)/p-1. The Morgan fingerprint density at radius 1 is 1.08 bits per heavy atom. The van der Waals surface area contributed by atoms with Gasteiger partial charge in [-0.1, -0.05) is 13.2 Å². The first-order valence-electron chi connectivity index (χ1n) is 6.28. The second-order valence-electron chi connectivity index (χ2n) is 4.18. The Balaban J connectivity index is 4.71. The number of alkyl halides is 2. The van der Waals surface area contributed by atoms with Gasteiger partial charge in [-0.15, -0.1) is 0 Å². The van der Waals surface area contributed by atoms with Gasteiger partial charge in [0.15, 0.2) is 16.7 Å². The van der Waals surface area contributed by atoms with E-state index in [-0.39, 0.29) is 0 Å². The summed E-state index contributed by atoms with van der Waals surface area (Å²) in [5.74, 6) is -1.78. The Morgan fingerprint density at radius 2 is 1.52 bits per heavy atom. The number of halogens is 2. The van der Waals surface area contributed by atoms with E-state index >= 15 is 0 Å². The van der Waals surface area contributed by atoms with Gasteiger partial charge in [0.05, 0.1) is 0 Å². The van der Waals surface area contributed by atoms with Crippen LogP contribution >= 0.6 is 0 Å². The first-order valence-corrected chi connectivity index (χ1v) is 7.68. The second kappa shape index (κ2) is 9.68. The molecule has 0 aromatic rings. The SMILES string of the molecule is C=CC(=O)OCC(COC(=O)C=C)NC(=O)OCC(F)(F)S(=O)(=O)[O-]. The Bertz CT molecular complexity index is 608. The largest absolute Gasteiger partial charge is 0.743 e. The van der Waals surface area contributed by atoms with E-state index in [0.29, 0.717) is 0 Å². The van der Waals surface area contributed by atoms with Crippen LogP contribution in [0.3, 0.4) is 0 Å². The summed E-state index contributed by atoms with van der Waals surface area (Å²) in [5.41, 5.74) is 0. The fourth-order valence-electron chi connectivity index (χ4n) is 1.04. The summed E-state index contributed by atoms with van der Waals surface area (Å²) in [4.78, 5) is 33.3. The number of alkyl carbamates (subject to hydrolysis) is 1. The Kier molecular flexibility index (Phi) is 8.70. The van der Waals surface area contributed by atoms with Crippen molar-refractivity contribution < 1.29 is 50.3 Å². The third kappa shape index (κ3) is 8.76. The molecule has 0 spiro atoms. The van der Waals surface area contributed by atoms with Gasteiger partial charge in [0, 0.05) is 12.2 Å². The maximum absolute atomic E-state index is 12.9. The number of hydrogen-bond acceptors (Lipinski definition) is 9. The molecule has 0 heterocycles. The maximum Gasteiger partial charge on any atom is 0.407 e. The predicted molar refractivity (Wildman–Crippen MR) is 75.2 cm³/mol. The van der Waals surface area contributed by atoms with Crippen molar-refractivity contribution in [2.75, 3.05) is 19.8 Å². The lowest BCUT2D eigenvalue weighted by atomic mass is 10.3. The van der Waals surface area contributed by atoms with Crippen LogP contribution in [-0.2, 0) is 33.9 Å². The highest BCUT2D eigenvalue weighted by Crippen LogP contribution is 2.20. The number of nitrogens with one attached hydrogen (secondary N) is 1. The third-order valence-corrected chi connectivity index (χ3v) is 3.10. The molecule has 0 saturated carbocycles. The number of amides is 1. The van der Waals surface area contributed by atoms with Crippen LogP contribution in [0, 0.1) is 0 Å². The molecule has 142 valence electrons. The summed E-state index contributed by atoms with van der Waals surface area (Å²) in [7, 11) is -6.03. The van der Waals surface area contributed by atoms with E-state index in [2.05, 4.69) is 27.4 Å². The van der Waals surface area contributed by atoms with Gasteiger partial charge in [-0.25, -0.2) is 22.8 Å². The zero-order valence-electron chi connectivity index (χ0n) is 12.6. The molecule has 10 nitrogen and oxygen atoms in total. The summed E-state index contributed by atoms with van der Waals surface area (Å²) < 4.78 is 69.6. The molecule has 0 aromatic carbocycles. The average molecular weight is 386 g/mol. The molecule has 0 aromatic heterocycles. The van der Waals surface area contributed by atoms with Crippen LogP contribution in [0.25, 0.3) is 0 Å². The van der Waals surface area contributed by atoms with Crippen LogP contribution in [0.1, 0.15) is 0 Å². The zero-order valence-corrected chi connectivity index (χ0v) is 13.4. The number of esters is 2. The predicted octanol–water partition coefficient (Wildman–Crippen LogP) is -0.322. The fourth-order valence-corrected chi connectivity index (χ4v) is 1.25. The van der Waals surface area contributed by atoms with Crippen molar-refractivity contribution in [2.45, 2.75) is 11.3 Å². The smallest absolute Gasteiger partial charge is 0.407 e. The number of carbonyl (C=O) groups is 3. The molecule has 0 aliphatic heterocycles. The molecule has 0 aliphatic carbocycles. The molecule has 1 amide bonds. The highest BCUT2D eigenvalue weighted by atomic mass is 32.2. The van der Waals surface area contributed by atoms with Crippen molar-refractivity contribution in [1.29, 1.82) is 0 Å². The first-order chi connectivity index (χ1) is 11.4. The molecule has 0 aliphatic rings. The summed E-state index contributed by atoms with van der Waals surface area (Å²) >= 11 is 0. The van der Waals surface area contributed by atoms with Crippen LogP contribution in [0.4, 0.5) is 13.6 Å². The van der Waals surface area contributed by atoms with E-state index in [1.807, 2.05) is 5.32 Å². The number of hydrogen-bond donors (Lipinski definition) is 1. The number of carbonyl (C=O) groups excluding carboxylic acids is 3. The summed E-state index contributed by atoms with van der Waals surface area (Å²) in [6, 6.07) is -1.22. The number of rotatable bonds is 10. The van der Waals surface area contributed by atoms with Gasteiger partial charge in [0.2, 0.25) is 0 Å². The van der Waals surface area contributed by atoms with Crippen LogP contribution < -0.4 is 5.32 Å². The van der Waals surface area contributed by atoms with Gasteiger partial charge in [-0.3, -0.25) is 0 Å². The number of ether oxygens (including phenoxy) is 3. The summed E-state index contributed by atoms with van der Waals surface area (Å²) in [6.07, 6.45) is 0.0212. The minimum Gasteiger partial charge on any atom is -0.743 e. The van der Waals surface area contributed by atoms with Crippen LogP contribution in [-0.4, -0.2) is 62.1 Å². The normalized spacial score (nSPS) is 11.4. The maximum atomic E-state index is 12.9. The molecule has 13 heteroatoms. The van der Waals surface area contributed by atoms with Gasteiger partial charge < -0.3 is 24.1 Å². The van der Waals surface area contributed by atoms with E-state index in [0.717, 1.165) is 12.2 Å². The molecule has 0 fully saturated rings. The topological polar surface area (TPSA) is 148 Å². The van der Waals surface area contributed by atoms with E-state index < -0.39 is 59.3 Å². The molecule has 0 radical (unpaired) electrons. The molecular formula is C12H14F2NO9S-. The van der Waals surface area contributed by atoms with E-state index in [1.165, 1.54) is 0 Å². The van der Waals surface area contributed by atoms with Gasteiger partial charge >= 0.3 is 23.3 Å². The molecule has 25 heavy (non-hydrogen) atoms. The lowest BCUT2D eigenvalue weighted by Gasteiger charge is -2.21. The molecule has 0 bridgehead atoms. The Labute approximate surface area is 141 Å². The minimum atomic E-state index is -6.03. The lowest BCUT2D eigenvalue weighted by Crippen LogP contribution is -2.44. The lowest BCUT2D eigenvalue weighted by molar-refractivity contribution is -0.141. The van der Waals surface area contributed by atoms with Gasteiger partial charge in [-0.05, 0) is 0 Å². The monoisotopic (exact) mass is 386 g/mol. The highest BCUT2D eigenvalue weighted by Gasteiger charge is 2.39. The van der Waals surface area contributed by atoms with Crippen molar-refractivity contribution >= 4 is 28.1 Å². The van der Waals surface area contributed by atoms with Gasteiger partial charge in [0.1, 0.15) is 19.3 Å². The van der Waals surface area contributed by atoms with Crippen molar-refractivity contribution in [2.24, 2.45) is 0 Å². The minimum absolute atomic E-state index is 0.555. The van der Waals surface area contributed by atoms with Crippen molar-refractivity contribution in [1.82, 2.24) is 5.32 Å². The summed E-state index contributed by atoms with van der Waals surface area (Å²) in [6.45, 7) is 3.08. The van der Waals surface area contributed by atoms with Crippen molar-refractivity contribution in [3.8, 4) is 0 Å². The van der Waals surface area contributed by atoms with Gasteiger partial charge in [-0.2, -0.15) is 8.78 Å². The fraction of sp³-hybridized carbons (Fsp3) is 0.417. The van der Waals surface area contributed by atoms with Crippen LogP contribution in [0.5, 0.6) is 0 Å². The second-order valence-corrected chi connectivity index (χ2v) is 5.68. The van der Waals surface area contributed by atoms with Crippen LogP contribution in [0.2, 0.25) is 0 Å². The van der Waals surface area contributed by atoms with Crippen molar-refractivity contribution in [3.63, 3.8) is 0 Å². The molecular weight excluding hydrogens is 372 g/mol. The highest BCUT2D eigenvalue weighted by molar-refractivity contribution is 7.86. The Hall–Kier alpha value is -2.54. The van der Waals surface area contributed by atoms with Gasteiger partial charge in [0.25, 0.3) is 0 Å². The average Bonchev–Trinajstić information content (AvgIpc) is 2.53. The quantitative estimate of drug-likeness (QED) is 0.231. The molecule has 0 rings (SSSR count). The molecule has 0 unspecified atom stereocenters. The van der Waals surface area contributed by atoms with E-state index in [9.17, 15) is 36.1 Å². The van der Waals surface area contributed by atoms with Crippen LogP contribution in [0.15, 0.2) is 25.3 Å². The molecule has 1 N–H and O–H groups in total. The van der Waals surface area contributed by atoms with E-state index in [1.54, 1.807) is 0 Å². The van der Waals surface area contributed by atoms with E-state index in [4.69, 9.17) is 0 Å². The first kappa shape index (κ1) is 22.5. The molecule has 0 saturated heterocycles. The Morgan fingerprint density at radius 3 is 1.88 bits per heavy atom. The summed E-state index contributed by atoms with van der Waals surface area (Å²) in [5, 5.41) is -2.94. The van der Waals surface area contributed by atoms with Crippen molar-refractivity contribution in [3.05, 3.63) is 25.3 Å². The third-order valence-electron chi connectivity index (χ3n) is 2.25. The molecule has 0 atom stereocenters.